The van der Waals surface area contributed by atoms with Crippen molar-refractivity contribution in [3.63, 3.8) is 0 Å². The first kappa shape index (κ1) is 11.5. The van der Waals surface area contributed by atoms with Crippen LogP contribution in [-0.2, 0) is 25.7 Å². The zero-order chi connectivity index (χ0) is 9.07. The van der Waals surface area contributed by atoms with Gasteiger partial charge in [0.1, 0.15) is 0 Å². The van der Waals surface area contributed by atoms with E-state index in [1.54, 1.807) is 27.7 Å². The summed E-state index contributed by atoms with van der Waals surface area (Å²) in [6, 6.07) is 0. The first-order chi connectivity index (χ1) is 4.83. The van der Waals surface area contributed by atoms with Crippen molar-refractivity contribution >= 4 is 18.5 Å². The van der Waals surface area contributed by atoms with Crippen LogP contribution in [0.5, 0.6) is 0 Å². The van der Waals surface area contributed by atoms with Gasteiger partial charge in [0.15, 0.2) is 0 Å². The smallest absolute Gasteiger partial charge is 0.304 e. The average molecular weight is 197 g/mol. The monoisotopic (exact) mass is 197 g/mol. The molecule has 0 saturated carbocycles. The molecule has 3 nitrogen and oxygen atoms in total. The van der Waals surface area contributed by atoms with E-state index in [0.717, 1.165) is 0 Å². The van der Waals surface area contributed by atoms with Crippen molar-refractivity contribution in [2.24, 2.45) is 0 Å². The van der Waals surface area contributed by atoms with Crippen molar-refractivity contribution in [1.82, 2.24) is 0 Å². The largest absolute Gasteiger partial charge is 0.356 e. The van der Waals surface area contributed by atoms with Gasteiger partial charge >= 0.3 is 6.72 Å². The molecule has 0 saturated heterocycles. The molecule has 0 N–H and O–H groups in total. The maximum absolute atomic E-state index is 11.2. The summed E-state index contributed by atoms with van der Waals surface area (Å²) in [4.78, 5) is 11.2. The number of hydrogen-bond acceptors (Lipinski definition) is 3. The molecule has 1 radical (unpaired) electrons. The Morgan fingerprint density at radius 3 is 1.55 bits per heavy atom. The van der Waals surface area contributed by atoms with Gasteiger partial charge in [-0.25, -0.2) is 0 Å². The molecule has 67 valence electrons. The lowest BCUT2D eigenvalue weighted by Crippen LogP contribution is -2.05. The minimum atomic E-state index is -3.22. The molecule has 0 aromatic rings. The van der Waals surface area contributed by atoms with Gasteiger partial charge in [-0.1, -0.05) is 0 Å². The van der Waals surface area contributed by atoms with Gasteiger partial charge in [-0.3, -0.25) is 0 Å². The molecular weight excluding hydrogens is 183 g/mol. The van der Waals surface area contributed by atoms with E-state index in [0.29, 0.717) is 0 Å². The van der Waals surface area contributed by atoms with E-state index < -0.39 is 6.72 Å². The molecule has 0 aliphatic rings. The fourth-order valence-electron chi connectivity index (χ4n) is 0.541. The Morgan fingerprint density at radius 2 is 1.36 bits per heavy atom. The first-order valence-electron chi connectivity index (χ1n) is 3.51. The lowest BCUT2D eigenvalue weighted by atomic mass is 10.5. The highest BCUT2D eigenvalue weighted by Gasteiger charge is 2.20. The summed E-state index contributed by atoms with van der Waals surface area (Å²) in [5, 5.41) is 0. The molecule has 0 aromatic carbocycles. The van der Waals surface area contributed by atoms with Gasteiger partial charge in [0, 0.05) is 0 Å². The molecule has 0 aliphatic heterocycles. The van der Waals surface area contributed by atoms with Crippen LogP contribution in [0.4, 0.5) is 0 Å². The second kappa shape index (κ2) is 4.53. The van der Waals surface area contributed by atoms with Gasteiger partial charge in [0.05, 0.1) is 12.2 Å². The highest BCUT2D eigenvalue weighted by atomic mass is 32.5. The van der Waals surface area contributed by atoms with Crippen LogP contribution in [0.2, 0.25) is 0 Å². The van der Waals surface area contributed by atoms with E-state index in [1.165, 1.54) is 0 Å². The molecular formula is C6H14O3PS. The quantitative estimate of drug-likeness (QED) is 0.650. The van der Waals surface area contributed by atoms with Gasteiger partial charge < -0.3 is 9.05 Å². The standard InChI is InChI=1S/C6H14O3PS/c1-5(2)8-10(7,11)9-6(3)4/h5-6H,1-4H3. The van der Waals surface area contributed by atoms with Crippen LogP contribution in [0.25, 0.3) is 0 Å². The zero-order valence-corrected chi connectivity index (χ0v) is 8.95. The first-order valence-corrected chi connectivity index (χ1v) is 6.07. The zero-order valence-electron chi connectivity index (χ0n) is 7.23. The molecule has 0 amide bonds. The Hall–Kier alpha value is 0.530. The maximum atomic E-state index is 11.2. The summed E-state index contributed by atoms with van der Waals surface area (Å²) in [6.07, 6.45) is -0.311. The predicted molar refractivity (Wildman–Crippen MR) is 47.4 cm³/mol. The van der Waals surface area contributed by atoms with Crippen LogP contribution < -0.4 is 0 Å². The predicted octanol–water partition coefficient (Wildman–Crippen LogP) is 2.49. The van der Waals surface area contributed by atoms with Crippen molar-refractivity contribution in [2.45, 2.75) is 39.9 Å². The normalized spacial score (nSPS) is 13.0. The van der Waals surface area contributed by atoms with Crippen molar-refractivity contribution < 1.29 is 13.9 Å². The average Bonchev–Trinajstić information content (AvgIpc) is 1.53. The van der Waals surface area contributed by atoms with E-state index in [9.17, 15) is 4.89 Å². The Morgan fingerprint density at radius 1 is 1.09 bits per heavy atom. The third-order valence-corrected chi connectivity index (χ3v) is 2.56. The lowest BCUT2D eigenvalue weighted by molar-refractivity contribution is 0.121. The minimum Gasteiger partial charge on any atom is -0.304 e. The summed E-state index contributed by atoms with van der Waals surface area (Å²) in [5.74, 6) is 0. The molecule has 0 fully saturated rings. The van der Waals surface area contributed by atoms with Crippen molar-refractivity contribution in [3.05, 3.63) is 0 Å². The molecule has 0 spiro atoms. The molecule has 0 aromatic heterocycles. The van der Waals surface area contributed by atoms with E-state index in [-0.39, 0.29) is 12.2 Å². The van der Waals surface area contributed by atoms with Gasteiger partial charge in [0.25, 0.3) is 0 Å². The fraction of sp³-hybridized carbons (Fsp3) is 1.00. The van der Waals surface area contributed by atoms with Crippen LogP contribution in [0.1, 0.15) is 27.7 Å². The molecule has 11 heavy (non-hydrogen) atoms. The third-order valence-electron chi connectivity index (χ3n) is 0.680. The summed E-state index contributed by atoms with van der Waals surface area (Å²) in [6.45, 7) is 3.84. The Kier molecular flexibility index (Phi) is 4.75. The lowest BCUT2D eigenvalue weighted by Gasteiger charge is -2.17. The second-order valence-corrected chi connectivity index (χ2v) is 5.41. The van der Waals surface area contributed by atoms with Crippen molar-refractivity contribution in [2.75, 3.05) is 0 Å². The Balaban J connectivity index is 3.91. The topological polar surface area (TPSA) is 38.4 Å². The van der Waals surface area contributed by atoms with E-state index in [4.69, 9.17) is 9.05 Å². The molecule has 0 unspecified atom stereocenters. The maximum Gasteiger partial charge on any atom is 0.356 e. The molecule has 0 atom stereocenters. The van der Waals surface area contributed by atoms with Crippen LogP contribution in [0.15, 0.2) is 0 Å². The van der Waals surface area contributed by atoms with E-state index >= 15 is 0 Å². The third kappa shape index (κ3) is 6.91. The Labute approximate surface area is 73.0 Å². The van der Waals surface area contributed by atoms with E-state index in [1.807, 2.05) is 0 Å². The highest BCUT2D eigenvalue weighted by molar-refractivity contribution is 8.07. The number of hydrogen-bond donors (Lipinski definition) is 0. The summed E-state index contributed by atoms with van der Waals surface area (Å²) < 4.78 is 9.79. The Bertz CT molecular complexity index is 144. The van der Waals surface area contributed by atoms with E-state index in [2.05, 4.69) is 11.8 Å². The molecule has 0 bridgehead atoms. The summed E-state index contributed by atoms with van der Waals surface area (Å²) >= 11 is 4.61. The highest BCUT2D eigenvalue weighted by Crippen LogP contribution is 2.47. The van der Waals surface area contributed by atoms with Gasteiger partial charge in [-0.15, -0.1) is 4.89 Å². The minimum absolute atomic E-state index is 0.155. The molecule has 0 heterocycles. The molecule has 0 rings (SSSR count). The molecule has 5 heteroatoms. The van der Waals surface area contributed by atoms with Crippen molar-refractivity contribution in [1.29, 1.82) is 0 Å². The number of rotatable bonds is 4. The van der Waals surface area contributed by atoms with Crippen LogP contribution in [0.3, 0.4) is 0 Å². The van der Waals surface area contributed by atoms with Crippen molar-refractivity contribution in [3.8, 4) is 0 Å². The molecule has 0 aliphatic carbocycles. The van der Waals surface area contributed by atoms with Gasteiger partial charge in [-0.2, -0.15) is 0 Å². The summed E-state index contributed by atoms with van der Waals surface area (Å²) in [5.41, 5.74) is 0. The van der Waals surface area contributed by atoms with Crippen LogP contribution in [0, 0.1) is 0 Å². The van der Waals surface area contributed by atoms with Gasteiger partial charge in [0.2, 0.25) is 0 Å². The SMILES string of the molecule is CC(C)OP([O])(=S)OC(C)C. The summed E-state index contributed by atoms with van der Waals surface area (Å²) in [7, 11) is 0. The fourth-order valence-corrected chi connectivity index (χ4v) is 2.66. The van der Waals surface area contributed by atoms with Crippen LogP contribution >= 0.6 is 6.72 Å². The second-order valence-electron chi connectivity index (χ2n) is 2.76. The van der Waals surface area contributed by atoms with Crippen LogP contribution in [-0.4, -0.2) is 12.2 Å². The van der Waals surface area contributed by atoms with Gasteiger partial charge in [-0.05, 0) is 39.5 Å².